The summed E-state index contributed by atoms with van der Waals surface area (Å²) < 4.78 is 30.8. The van der Waals surface area contributed by atoms with E-state index in [4.69, 9.17) is 16.0 Å². The molecule has 2 aromatic rings. The summed E-state index contributed by atoms with van der Waals surface area (Å²) in [7, 11) is -1.31. The molecule has 20 heavy (non-hydrogen) atoms. The van der Waals surface area contributed by atoms with Crippen LogP contribution < -0.4 is 5.32 Å². The lowest BCUT2D eigenvalue weighted by atomic mass is 10.3. The van der Waals surface area contributed by atoms with E-state index in [9.17, 15) is 8.60 Å². The molecular weight excluding hydrogens is 301 g/mol. The van der Waals surface area contributed by atoms with Gasteiger partial charge in [-0.2, -0.15) is 0 Å². The second-order valence-corrected chi connectivity index (χ2v) is 6.07. The Balaban J connectivity index is 2.03. The molecule has 2 rings (SSSR count). The van der Waals surface area contributed by atoms with Gasteiger partial charge in [-0.15, -0.1) is 0 Å². The molecule has 0 radical (unpaired) electrons. The summed E-state index contributed by atoms with van der Waals surface area (Å²) in [5.41, 5.74) is 0. The van der Waals surface area contributed by atoms with Crippen LogP contribution in [0.2, 0.25) is 5.02 Å². The van der Waals surface area contributed by atoms with Gasteiger partial charge in [-0.25, -0.2) is 4.39 Å². The highest BCUT2D eigenvalue weighted by molar-refractivity contribution is 7.84. The van der Waals surface area contributed by atoms with Crippen molar-refractivity contribution in [2.45, 2.75) is 24.1 Å². The molecule has 0 aliphatic rings. The smallest absolute Gasteiger partial charge is 0.141 e. The van der Waals surface area contributed by atoms with Crippen LogP contribution in [-0.4, -0.2) is 10.8 Å². The molecule has 0 spiro atoms. The Bertz CT molecular complexity index is 615. The van der Waals surface area contributed by atoms with Gasteiger partial charge >= 0.3 is 0 Å². The van der Waals surface area contributed by atoms with Crippen LogP contribution in [0.3, 0.4) is 0 Å². The monoisotopic (exact) mass is 315 g/mol. The van der Waals surface area contributed by atoms with Gasteiger partial charge in [0.05, 0.1) is 28.1 Å². The molecule has 108 valence electrons. The Labute approximate surface area is 124 Å². The highest BCUT2D eigenvalue weighted by Gasteiger charge is 2.11. The summed E-state index contributed by atoms with van der Waals surface area (Å²) in [5.74, 6) is 1.17. The van der Waals surface area contributed by atoms with E-state index in [1.807, 2.05) is 13.0 Å². The van der Waals surface area contributed by atoms with Gasteiger partial charge in [-0.3, -0.25) is 4.21 Å². The molecule has 1 aromatic carbocycles. The van der Waals surface area contributed by atoms with Crippen LogP contribution in [0.25, 0.3) is 0 Å². The minimum absolute atomic E-state index is 0.0249. The van der Waals surface area contributed by atoms with Crippen LogP contribution in [0.15, 0.2) is 39.6 Å². The van der Waals surface area contributed by atoms with Crippen LogP contribution in [0.4, 0.5) is 4.39 Å². The van der Waals surface area contributed by atoms with E-state index in [0.29, 0.717) is 17.2 Å². The fourth-order valence-electron chi connectivity index (χ4n) is 1.67. The van der Waals surface area contributed by atoms with Crippen molar-refractivity contribution in [1.82, 2.24) is 5.32 Å². The number of nitrogens with one attached hydrogen (secondary N) is 1. The van der Waals surface area contributed by atoms with Crippen LogP contribution >= 0.6 is 11.6 Å². The maximum atomic E-state index is 13.1. The first-order chi connectivity index (χ1) is 9.60. The van der Waals surface area contributed by atoms with Crippen LogP contribution in [0.1, 0.15) is 18.4 Å². The second-order valence-electron chi connectivity index (χ2n) is 4.21. The quantitative estimate of drug-likeness (QED) is 0.887. The normalized spacial score (nSPS) is 12.6. The van der Waals surface area contributed by atoms with Crippen molar-refractivity contribution in [1.29, 1.82) is 0 Å². The third-order valence-corrected chi connectivity index (χ3v) is 4.31. The molecule has 1 aromatic heterocycles. The average Bonchev–Trinajstić information content (AvgIpc) is 2.87. The summed E-state index contributed by atoms with van der Waals surface area (Å²) in [5, 5.41) is 3.12. The molecule has 0 aliphatic carbocycles. The molecular formula is C14H15ClFNO2S. The highest BCUT2D eigenvalue weighted by Crippen LogP contribution is 2.20. The minimum atomic E-state index is -1.31. The molecule has 0 fully saturated rings. The lowest BCUT2D eigenvalue weighted by Crippen LogP contribution is -2.10. The van der Waals surface area contributed by atoms with Crippen molar-refractivity contribution in [2.75, 3.05) is 6.54 Å². The van der Waals surface area contributed by atoms with Gasteiger partial charge in [0.15, 0.2) is 0 Å². The molecule has 1 unspecified atom stereocenters. The summed E-state index contributed by atoms with van der Waals surface area (Å²) in [6.07, 6.45) is 0. The van der Waals surface area contributed by atoms with E-state index in [1.165, 1.54) is 18.2 Å². The van der Waals surface area contributed by atoms with Crippen LogP contribution in [-0.2, 0) is 23.1 Å². The molecule has 1 heterocycles. The zero-order chi connectivity index (χ0) is 14.5. The average molecular weight is 316 g/mol. The second kappa shape index (κ2) is 7.02. The third-order valence-electron chi connectivity index (χ3n) is 2.69. The number of rotatable bonds is 6. The number of halogens is 2. The Morgan fingerprint density at radius 3 is 2.75 bits per heavy atom. The third kappa shape index (κ3) is 3.91. The number of hydrogen-bond acceptors (Lipinski definition) is 3. The fourth-order valence-corrected chi connectivity index (χ4v) is 2.97. The molecule has 0 aliphatic heterocycles. The number of hydrogen-bond donors (Lipinski definition) is 1. The summed E-state index contributed by atoms with van der Waals surface area (Å²) in [4.78, 5) is 0.487. The SMILES string of the molecule is CCNCc1ccc(CS(=O)c2ccc(F)c(Cl)c2)o1. The lowest BCUT2D eigenvalue weighted by molar-refractivity contribution is 0.461. The van der Waals surface area contributed by atoms with Gasteiger partial charge < -0.3 is 9.73 Å². The fraction of sp³-hybridized carbons (Fsp3) is 0.286. The van der Waals surface area contributed by atoms with E-state index in [1.54, 1.807) is 6.07 Å². The van der Waals surface area contributed by atoms with Gasteiger partial charge in [-0.1, -0.05) is 18.5 Å². The van der Waals surface area contributed by atoms with Crippen molar-refractivity contribution in [3.63, 3.8) is 0 Å². The highest BCUT2D eigenvalue weighted by atomic mass is 35.5. The first kappa shape index (κ1) is 15.2. The van der Waals surface area contributed by atoms with E-state index in [2.05, 4.69) is 5.32 Å². The zero-order valence-electron chi connectivity index (χ0n) is 11.0. The van der Waals surface area contributed by atoms with Gasteiger partial charge in [0.2, 0.25) is 0 Å². The van der Waals surface area contributed by atoms with Gasteiger partial charge in [0.1, 0.15) is 17.3 Å². The standard InChI is InChI=1S/C14H15ClFNO2S/c1-2-17-8-10-3-4-11(19-10)9-20(18)12-5-6-14(16)13(15)7-12/h3-7,17H,2,8-9H2,1H3. The maximum absolute atomic E-state index is 13.1. The van der Waals surface area contributed by atoms with Crippen molar-refractivity contribution in [2.24, 2.45) is 0 Å². The number of furan rings is 1. The summed E-state index contributed by atoms with van der Waals surface area (Å²) in [6.45, 7) is 3.51. The molecule has 0 saturated heterocycles. The van der Waals surface area contributed by atoms with Crippen molar-refractivity contribution >= 4 is 22.4 Å². The molecule has 0 saturated carbocycles. The van der Waals surface area contributed by atoms with Crippen molar-refractivity contribution in [3.8, 4) is 0 Å². The Hall–Kier alpha value is -1.17. The van der Waals surface area contributed by atoms with Crippen molar-refractivity contribution in [3.05, 3.63) is 52.7 Å². The Morgan fingerprint density at radius 1 is 1.30 bits per heavy atom. The summed E-state index contributed by atoms with van der Waals surface area (Å²) in [6, 6.07) is 7.73. The first-order valence-corrected chi connectivity index (χ1v) is 7.91. The van der Waals surface area contributed by atoms with Gasteiger partial charge in [0.25, 0.3) is 0 Å². The predicted molar refractivity (Wildman–Crippen MR) is 77.6 cm³/mol. The number of benzene rings is 1. The molecule has 3 nitrogen and oxygen atoms in total. The molecule has 0 bridgehead atoms. The van der Waals surface area contributed by atoms with Gasteiger partial charge in [0, 0.05) is 4.90 Å². The predicted octanol–water partition coefficient (Wildman–Crippen LogP) is 3.49. The topological polar surface area (TPSA) is 42.2 Å². The van der Waals surface area contributed by atoms with E-state index >= 15 is 0 Å². The Kier molecular flexibility index (Phi) is 5.34. The van der Waals surface area contributed by atoms with Crippen molar-refractivity contribution < 1.29 is 13.0 Å². The molecule has 1 N–H and O–H groups in total. The van der Waals surface area contributed by atoms with Gasteiger partial charge in [-0.05, 0) is 36.9 Å². The lowest BCUT2D eigenvalue weighted by Gasteiger charge is -2.02. The van der Waals surface area contributed by atoms with Crippen LogP contribution in [0.5, 0.6) is 0 Å². The Morgan fingerprint density at radius 2 is 2.05 bits per heavy atom. The first-order valence-electron chi connectivity index (χ1n) is 6.22. The zero-order valence-corrected chi connectivity index (χ0v) is 12.6. The summed E-state index contributed by atoms with van der Waals surface area (Å²) >= 11 is 5.68. The van der Waals surface area contributed by atoms with Crippen LogP contribution in [0, 0.1) is 5.82 Å². The molecule has 6 heteroatoms. The van der Waals surface area contributed by atoms with E-state index < -0.39 is 16.6 Å². The molecule has 1 atom stereocenters. The van der Waals surface area contributed by atoms with E-state index in [-0.39, 0.29) is 10.8 Å². The molecule has 0 amide bonds. The van der Waals surface area contributed by atoms with E-state index in [0.717, 1.165) is 12.3 Å². The minimum Gasteiger partial charge on any atom is -0.464 e. The largest absolute Gasteiger partial charge is 0.464 e. The maximum Gasteiger partial charge on any atom is 0.141 e.